The molecule has 0 spiro atoms. The van der Waals surface area contributed by atoms with Crippen LogP contribution in [0.3, 0.4) is 0 Å². The van der Waals surface area contributed by atoms with Crippen molar-refractivity contribution in [3.63, 3.8) is 0 Å². The summed E-state index contributed by atoms with van der Waals surface area (Å²) in [5.74, 6) is 1.08. The van der Waals surface area contributed by atoms with Gasteiger partial charge < -0.3 is 15.4 Å². The molecule has 0 atom stereocenters. The van der Waals surface area contributed by atoms with Crippen LogP contribution in [0.2, 0.25) is 5.02 Å². The van der Waals surface area contributed by atoms with Crippen LogP contribution in [0.4, 0.5) is 5.69 Å². The van der Waals surface area contributed by atoms with E-state index in [-0.39, 0.29) is 5.91 Å². The molecule has 0 aliphatic rings. The molecular formula is C15H23ClN2O2. The molecule has 0 fully saturated rings. The Morgan fingerprint density at radius 2 is 2.15 bits per heavy atom. The zero-order valence-electron chi connectivity index (χ0n) is 12.3. The first-order chi connectivity index (χ1) is 9.52. The fourth-order valence-corrected chi connectivity index (χ4v) is 1.84. The van der Waals surface area contributed by atoms with Crippen molar-refractivity contribution in [2.75, 3.05) is 25.5 Å². The van der Waals surface area contributed by atoms with Crippen LogP contribution in [0.25, 0.3) is 0 Å². The quantitative estimate of drug-likeness (QED) is 0.724. The van der Waals surface area contributed by atoms with Crippen molar-refractivity contribution in [2.45, 2.75) is 26.7 Å². The van der Waals surface area contributed by atoms with E-state index in [9.17, 15) is 4.79 Å². The van der Waals surface area contributed by atoms with Crippen molar-refractivity contribution in [1.82, 2.24) is 5.32 Å². The van der Waals surface area contributed by atoms with Crippen LogP contribution in [0.15, 0.2) is 18.2 Å². The highest BCUT2D eigenvalue weighted by molar-refractivity contribution is 6.32. The smallest absolute Gasteiger partial charge is 0.224 e. The molecule has 0 saturated heterocycles. The van der Waals surface area contributed by atoms with E-state index < -0.39 is 0 Å². The second-order valence-electron chi connectivity index (χ2n) is 5.11. The van der Waals surface area contributed by atoms with E-state index in [0.717, 1.165) is 13.0 Å². The summed E-state index contributed by atoms with van der Waals surface area (Å²) >= 11 is 6.14. The van der Waals surface area contributed by atoms with Gasteiger partial charge in [-0.15, -0.1) is 0 Å². The molecule has 0 bridgehead atoms. The molecule has 1 aromatic rings. The summed E-state index contributed by atoms with van der Waals surface area (Å²) in [4.78, 5) is 11.7. The second kappa shape index (κ2) is 8.82. The highest BCUT2D eigenvalue weighted by atomic mass is 35.5. The average Bonchev–Trinajstić information content (AvgIpc) is 2.38. The van der Waals surface area contributed by atoms with E-state index in [4.69, 9.17) is 16.3 Å². The predicted molar refractivity (Wildman–Crippen MR) is 83.6 cm³/mol. The summed E-state index contributed by atoms with van der Waals surface area (Å²) in [6.07, 6.45) is 1.30. The summed E-state index contributed by atoms with van der Waals surface area (Å²) in [5, 5.41) is 6.35. The Balaban J connectivity index is 2.52. The van der Waals surface area contributed by atoms with E-state index in [1.54, 1.807) is 18.2 Å². The van der Waals surface area contributed by atoms with Gasteiger partial charge in [0.25, 0.3) is 0 Å². The monoisotopic (exact) mass is 298 g/mol. The number of nitrogens with one attached hydrogen (secondary N) is 2. The van der Waals surface area contributed by atoms with Gasteiger partial charge in [-0.3, -0.25) is 4.79 Å². The van der Waals surface area contributed by atoms with Crippen LogP contribution in [0, 0.1) is 5.92 Å². The van der Waals surface area contributed by atoms with Crippen molar-refractivity contribution in [1.29, 1.82) is 0 Å². The van der Waals surface area contributed by atoms with Crippen LogP contribution in [-0.2, 0) is 4.79 Å². The van der Waals surface area contributed by atoms with Gasteiger partial charge in [-0.1, -0.05) is 25.4 Å². The number of benzene rings is 1. The number of amides is 1. The van der Waals surface area contributed by atoms with Crippen LogP contribution in [0.1, 0.15) is 26.7 Å². The van der Waals surface area contributed by atoms with Gasteiger partial charge in [-0.2, -0.15) is 0 Å². The molecule has 112 valence electrons. The number of hydrogen-bond acceptors (Lipinski definition) is 3. The molecule has 5 heteroatoms. The number of hydrogen-bond donors (Lipinski definition) is 2. The lowest BCUT2D eigenvalue weighted by Crippen LogP contribution is -2.15. The van der Waals surface area contributed by atoms with E-state index >= 15 is 0 Å². The summed E-state index contributed by atoms with van der Waals surface area (Å²) in [6.45, 7) is 5.60. The van der Waals surface area contributed by atoms with E-state index in [0.29, 0.717) is 35.4 Å². The van der Waals surface area contributed by atoms with Crippen LogP contribution in [0.5, 0.6) is 5.75 Å². The molecule has 0 aliphatic heterocycles. The Morgan fingerprint density at radius 1 is 1.40 bits per heavy atom. The number of halogens is 1. The van der Waals surface area contributed by atoms with Gasteiger partial charge in [-0.25, -0.2) is 0 Å². The maximum Gasteiger partial charge on any atom is 0.224 e. The zero-order chi connectivity index (χ0) is 15.0. The molecular weight excluding hydrogens is 276 g/mol. The normalized spacial score (nSPS) is 10.7. The third-order valence-corrected chi connectivity index (χ3v) is 2.91. The predicted octanol–water partition coefficient (Wildman–Crippen LogP) is 3.31. The Kier molecular flexibility index (Phi) is 7.41. The van der Waals surface area contributed by atoms with Crippen molar-refractivity contribution in [3.8, 4) is 5.75 Å². The average molecular weight is 299 g/mol. The largest absolute Gasteiger partial charge is 0.492 e. The minimum Gasteiger partial charge on any atom is -0.492 e. The Labute approximate surface area is 125 Å². The standard InChI is InChI=1S/C15H23ClN2O2/c1-11(2)10-20-14-7-6-12(9-13(14)16)18-15(19)5-4-8-17-3/h6-7,9,11,17H,4-5,8,10H2,1-3H3,(H,18,19). The van der Waals surface area contributed by atoms with Crippen molar-refractivity contribution in [2.24, 2.45) is 5.92 Å². The summed E-state index contributed by atoms with van der Waals surface area (Å²) in [7, 11) is 1.87. The van der Waals surface area contributed by atoms with Gasteiger partial charge in [0.15, 0.2) is 0 Å². The van der Waals surface area contributed by atoms with Crippen LogP contribution < -0.4 is 15.4 Å². The lowest BCUT2D eigenvalue weighted by molar-refractivity contribution is -0.116. The van der Waals surface area contributed by atoms with Crippen molar-refractivity contribution < 1.29 is 9.53 Å². The Morgan fingerprint density at radius 3 is 2.75 bits per heavy atom. The van der Waals surface area contributed by atoms with Crippen LogP contribution in [-0.4, -0.2) is 26.1 Å². The molecule has 0 unspecified atom stereocenters. The van der Waals surface area contributed by atoms with Gasteiger partial charge in [0.1, 0.15) is 5.75 Å². The van der Waals surface area contributed by atoms with Gasteiger partial charge in [-0.05, 0) is 44.1 Å². The third kappa shape index (κ3) is 6.26. The topological polar surface area (TPSA) is 50.4 Å². The minimum absolute atomic E-state index is 0.00725. The summed E-state index contributed by atoms with van der Waals surface area (Å²) in [5.41, 5.74) is 0.696. The highest BCUT2D eigenvalue weighted by Gasteiger charge is 2.07. The van der Waals surface area contributed by atoms with E-state index in [2.05, 4.69) is 24.5 Å². The van der Waals surface area contributed by atoms with Gasteiger partial charge >= 0.3 is 0 Å². The number of carbonyl (C=O) groups excluding carboxylic acids is 1. The maximum atomic E-state index is 11.7. The van der Waals surface area contributed by atoms with E-state index in [1.807, 2.05) is 7.05 Å². The molecule has 0 aromatic heterocycles. The first-order valence-electron chi connectivity index (χ1n) is 6.89. The zero-order valence-corrected chi connectivity index (χ0v) is 13.1. The lowest BCUT2D eigenvalue weighted by Gasteiger charge is -2.12. The molecule has 4 nitrogen and oxygen atoms in total. The second-order valence-corrected chi connectivity index (χ2v) is 5.51. The maximum absolute atomic E-state index is 11.7. The molecule has 0 radical (unpaired) electrons. The minimum atomic E-state index is -0.00725. The van der Waals surface area contributed by atoms with Crippen molar-refractivity contribution >= 4 is 23.2 Å². The summed E-state index contributed by atoms with van der Waals surface area (Å²) in [6, 6.07) is 5.30. The SMILES string of the molecule is CNCCCC(=O)Nc1ccc(OCC(C)C)c(Cl)c1. The molecule has 20 heavy (non-hydrogen) atoms. The number of rotatable bonds is 8. The molecule has 0 saturated carbocycles. The Hall–Kier alpha value is -1.26. The third-order valence-electron chi connectivity index (χ3n) is 2.62. The van der Waals surface area contributed by atoms with Gasteiger partial charge in [0.05, 0.1) is 11.6 Å². The highest BCUT2D eigenvalue weighted by Crippen LogP contribution is 2.28. The molecule has 1 amide bonds. The molecule has 1 rings (SSSR count). The number of ether oxygens (including phenoxy) is 1. The molecule has 0 aliphatic carbocycles. The van der Waals surface area contributed by atoms with E-state index in [1.165, 1.54) is 0 Å². The lowest BCUT2D eigenvalue weighted by atomic mass is 10.2. The fraction of sp³-hybridized carbons (Fsp3) is 0.533. The van der Waals surface area contributed by atoms with Crippen molar-refractivity contribution in [3.05, 3.63) is 23.2 Å². The Bertz CT molecular complexity index is 436. The van der Waals surface area contributed by atoms with Gasteiger partial charge in [0, 0.05) is 12.1 Å². The van der Waals surface area contributed by atoms with Crippen LogP contribution >= 0.6 is 11.6 Å². The number of carbonyl (C=O) groups is 1. The molecule has 2 N–H and O–H groups in total. The molecule has 1 aromatic carbocycles. The van der Waals surface area contributed by atoms with Gasteiger partial charge in [0.2, 0.25) is 5.91 Å². The summed E-state index contributed by atoms with van der Waals surface area (Å²) < 4.78 is 5.58. The fourth-order valence-electron chi connectivity index (χ4n) is 1.60. The molecule has 0 heterocycles. The number of anilines is 1. The first kappa shape index (κ1) is 16.8. The first-order valence-corrected chi connectivity index (χ1v) is 7.27.